The van der Waals surface area contributed by atoms with Gasteiger partial charge in [-0.2, -0.15) is 0 Å². The van der Waals surface area contributed by atoms with Gasteiger partial charge in [0.15, 0.2) is 9.84 Å². The average molecular weight is 267 g/mol. The Hall–Kier alpha value is -0.870. The molecule has 18 heavy (non-hydrogen) atoms. The fraction of sp³-hybridized carbons (Fsp3) is 0.571. The maximum atomic E-state index is 12.1. The van der Waals surface area contributed by atoms with Gasteiger partial charge in [0.1, 0.15) is 0 Å². The molecule has 0 radical (unpaired) electrons. The van der Waals surface area contributed by atoms with Crippen molar-refractivity contribution in [2.24, 2.45) is 0 Å². The van der Waals surface area contributed by atoms with Crippen LogP contribution in [-0.2, 0) is 16.3 Å². The summed E-state index contributed by atoms with van der Waals surface area (Å²) in [5, 5.41) is 3.09. The molecule has 0 saturated carbocycles. The molecule has 1 saturated heterocycles. The molecule has 1 aliphatic rings. The maximum Gasteiger partial charge on any atom is 0.153 e. The Morgan fingerprint density at radius 1 is 1.11 bits per heavy atom. The second-order valence-electron chi connectivity index (χ2n) is 4.91. The van der Waals surface area contributed by atoms with E-state index in [-0.39, 0.29) is 5.25 Å². The van der Waals surface area contributed by atoms with Gasteiger partial charge in [-0.05, 0) is 44.3 Å². The smallest absolute Gasteiger partial charge is 0.153 e. The summed E-state index contributed by atoms with van der Waals surface area (Å²) in [7, 11) is -2.89. The summed E-state index contributed by atoms with van der Waals surface area (Å²) < 4.78 is 24.3. The topological polar surface area (TPSA) is 46.2 Å². The zero-order valence-electron chi connectivity index (χ0n) is 10.6. The summed E-state index contributed by atoms with van der Waals surface area (Å²) in [5.41, 5.74) is 1.22. The van der Waals surface area contributed by atoms with E-state index in [9.17, 15) is 8.42 Å². The van der Waals surface area contributed by atoms with Crippen molar-refractivity contribution in [3.8, 4) is 0 Å². The largest absolute Gasteiger partial charge is 0.317 e. The van der Waals surface area contributed by atoms with Gasteiger partial charge in [-0.25, -0.2) is 8.42 Å². The molecule has 0 unspecified atom stereocenters. The van der Waals surface area contributed by atoms with Crippen molar-refractivity contribution >= 4 is 9.84 Å². The standard InChI is InChI=1S/C14H21NO2S/c16-18(17,14-8-10-15-11-9-14)12-4-7-13-5-2-1-3-6-13/h1-3,5-6,14-15H,4,7-12H2. The molecule has 1 aliphatic heterocycles. The third-order valence-electron chi connectivity index (χ3n) is 3.53. The van der Waals surface area contributed by atoms with E-state index < -0.39 is 9.84 Å². The van der Waals surface area contributed by atoms with Gasteiger partial charge in [-0.1, -0.05) is 30.3 Å². The van der Waals surface area contributed by atoms with Crippen LogP contribution in [0.15, 0.2) is 30.3 Å². The van der Waals surface area contributed by atoms with Gasteiger partial charge in [0.2, 0.25) is 0 Å². The fourth-order valence-electron chi connectivity index (χ4n) is 2.44. The first-order valence-electron chi connectivity index (χ1n) is 6.65. The van der Waals surface area contributed by atoms with Crippen molar-refractivity contribution in [3.05, 3.63) is 35.9 Å². The van der Waals surface area contributed by atoms with E-state index in [1.54, 1.807) is 0 Å². The molecule has 0 spiro atoms. The number of benzene rings is 1. The number of sulfone groups is 1. The summed E-state index contributed by atoms with van der Waals surface area (Å²) in [4.78, 5) is 0. The van der Waals surface area contributed by atoms with Crippen LogP contribution in [0.5, 0.6) is 0 Å². The molecule has 2 rings (SSSR count). The molecular formula is C14H21NO2S. The van der Waals surface area contributed by atoms with Gasteiger partial charge in [0.05, 0.1) is 11.0 Å². The molecule has 1 fully saturated rings. The van der Waals surface area contributed by atoms with Crippen LogP contribution in [0.2, 0.25) is 0 Å². The Balaban J connectivity index is 1.82. The normalized spacial score (nSPS) is 17.8. The number of nitrogens with one attached hydrogen (secondary N) is 1. The number of rotatable bonds is 5. The zero-order chi connectivity index (χ0) is 12.8. The van der Waals surface area contributed by atoms with Gasteiger partial charge in [-0.3, -0.25) is 0 Å². The van der Waals surface area contributed by atoms with Crippen molar-refractivity contribution in [2.75, 3.05) is 18.8 Å². The minimum Gasteiger partial charge on any atom is -0.317 e. The van der Waals surface area contributed by atoms with Crippen LogP contribution in [0.1, 0.15) is 24.8 Å². The monoisotopic (exact) mass is 267 g/mol. The second-order valence-corrected chi connectivity index (χ2v) is 7.31. The summed E-state index contributed by atoms with van der Waals surface area (Å²) in [6, 6.07) is 10.1. The number of aryl methyl sites for hydroxylation is 1. The van der Waals surface area contributed by atoms with Crippen LogP contribution in [0.4, 0.5) is 0 Å². The molecule has 0 amide bonds. The van der Waals surface area contributed by atoms with Crippen LogP contribution in [0.25, 0.3) is 0 Å². The first-order chi connectivity index (χ1) is 8.68. The molecule has 1 aromatic carbocycles. The first-order valence-corrected chi connectivity index (χ1v) is 8.36. The molecule has 0 bridgehead atoms. The Morgan fingerprint density at radius 3 is 2.44 bits per heavy atom. The van der Waals surface area contributed by atoms with Crippen LogP contribution in [0.3, 0.4) is 0 Å². The van der Waals surface area contributed by atoms with Crippen molar-refractivity contribution in [3.63, 3.8) is 0 Å². The van der Waals surface area contributed by atoms with Crippen molar-refractivity contribution in [1.29, 1.82) is 0 Å². The van der Waals surface area contributed by atoms with Gasteiger partial charge >= 0.3 is 0 Å². The minimum atomic E-state index is -2.89. The van der Waals surface area contributed by atoms with Gasteiger partial charge < -0.3 is 5.32 Å². The lowest BCUT2D eigenvalue weighted by Crippen LogP contribution is -2.36. The van der Waals surface area contributed by atoms with E-state index in [1.165, 1.54) is 5.56 Å². The summed E-state index contributed by atoms with van der Waals surface area (Å²) >= 11 is 0. The number of piperidine rings is 1. The van der Waals surface area contributed by atoms with Crippen LogP contribution in [0, 0.1) is 0 Å². The predicted octanol–water partition coefficient (Wildman–Crippen LogP) is 1.79. The quantitative estimate of drug-likeness (QED) is 0.884. The molecule has 0 aliphatic carbocycles. The molecule has 3 nitrogen and oxygen atoms in total. The molecule has 4 heteroatoms. The SMILES string of the molecule is O=S(=O)(CCCc1ccccc1)C1CCNCC1. The molecule has 100 valence electrons. The highest BCUT2D eigenvalue weighted by atomic mass is 32.2. The lowest BCUT2D eigenvalue weighted by Gasteiger charge is -2.22. The average Bonchev–Trinajstić information content (AvgIpc) is 2.41. The lowest BCUT2D eigenvalue weighted by atomic mass is 10.1. The van der Waals surface area contributed by atoms with Crippen LogP contribution < -0.4 is 5.32 Å². The Labute approximate surface area is 110 Å². The van der Waals surface area contributed by atoms with E-state index in [1.807, 2.05) is 18.2 Å². The van der Waals surface area contributed by atoms with E-state index in [0.29, 0.717) is 5.75 Å². The Bertz CT molecular complexity index is 450. The fourth-order valence-corrected chi connectivity index (χ4v) is 4.28. The van der Waals surface area contributed by atoms with Crippen LogP contribution in [-0.4, -0.2) is 32.5 Å². The second kappa shape index (κ2) is 6.34. The number of hydrogen-bond donors (Lipinski definition) is 1. The van der Waals surface area contributed by atoms with Gasteiger partial charge in [0, 0.05) is 0 Å². The molecule has 1 aromatic rings. The summed E-state index contributed by atoms with van der Waals surface area (Å²) in [5.74, 6) is 0.326. The Morgan fingerprint density at radius 2 is 1.78 bits per heavy atom. The molecule has 1 heterocycles. The van der Waals surface area contributed by atoms with Crippen molar-refractivity contribution in [1.82, 2.24) is 5.32 Å². The highest BCUT2D eigenvalue weighted by Gasteiger charge is 2.26. The van der Waals surface area contributed by atoms with Crippen molar-refractivity contribution in [2.45, 2.75) is 30.9 Å². The third-order valence-corrected chi connectivity index (χ3v) is 5.88. The van der Waals surface area contributed by atoms with Crippen LogP contribution >= 0.6 is 0 Å². The number of hydrogen-bond acceptors (Lipinski definition) is 3. The molecule has 0 atom stereocenters. The molecular weight excluding hydrogens is 246 g/mol. The summed E-state index contributed by atoms with van der Waals surface area (Å²) in [6.45, 7) is 1.67. The van der Waals surface area contributed by atoms with E-state index in [0.717, 1.165) is 38.8 Å². The predicted molar refractivity (Wildman–Crippen MR) is 74.4 cm³/mol. The van der Waals surface area contributed by atoms with Gasteiger partial charge in [-0.15, -0.1) is 0 Å². The Kier molecular flexibility index (Phi) is 4.78. The molecule has 0 aromatic heterocycles. The lowest BCUT2D eigenvalue weighted by molar-refractivity contribution is 0.495. The first kappa shape index (κ1) is 13.6. The van der Waals surface area contributed by atoms with Gasteiger partial charge in [0.25, 0.3) is 0 Å². The van der Waals surface area contributed by atoms with E-state index in [2.05, 4.69) is 17.4 Å². The van der Waals surface area contributed by atoms with E-state index in [4.69, 9.17) is 0 Å². The molecule has 1 N–H and O–H groups in total. The van der Waals surface area contributed by atoms with E-state index >= 15 is 0 Å². The highest BCUT2D eigenvalue weighted by molar-refractivity contribution is 7.92. The maximum absolute atomic E-state index is 12.1. The van der Waals surface area contributed by atoms with Crippen molar-refractivity contribution < 1.29 is 8.42 Å². The third kappa shape index (κ3) is 3.82. The highest BCUT2D eigenvalue weighted by Crippen LogP contribution is 2.15. The summed E-state index contributed by atoms with van der Waals surface area (Å²) in [6.07, 6.45) is 3.13. The minimum absolute atomic E-state index is 0.116. The zero-order valence-corrected chi connectivity index (χ0v) is 11.5.